The van der Waals surface area contributed by atoms with E-state index in [9.17, 15) is 4.79 Å². The number of fused-ring (bicyclic) bond motifs is 1. The molecule has 1 N–H and O–H groups in total. The topological polar surface area (TPSA) is 80.6 Å². The maximum Gasteiger partial charge on any atom is 0.354 e. The van der Waals surface area contributed by atoms with Crippen LogP contribution in [0.4, 0.5) is 0 Å². The molecule has 0 saturated heterocycles. The van der Waals surface area contributed by atoms with E-state index in [2.05, 4.69) is 10.1 Å². The van der Waals surface area contributed by atoms with Gasteiger partial charge in [0.15, 0.2) is 17.1 Å². The van der Waals surface area contributed by atoms with E-state index in [1.54, 1.807) is 22.8 Å². The standard InChI is InChI=1S/C12H9N3O3/c1-7-2-3-10(18-7)9-6-8(12(16)17)14-11-4-5-13-15(9)11/h2-6H,1H3,(H,16,17). The second kappa shape index (κ2) is 3.69. The van der Waals surface area contributed by atoms with E-state index >= 15 is 0 Å². The lowest BCUT2D eigenvalue weighted by atomic mass is 10.2. The first-order valence-corrected chi connectivity index (χ1v) is 5.30. The third-order valence-corrected chi connectivity index (χ3v) is 2.57. The van der Waals surface area contributed by atoms with Gasteiger partial charge in [-0.3, -0.25) is 0 Å². The third-order valence-electron chi connectivity index (χ3n) is 2.57. The Morgan fingerprint density at radius 3 is 2.89 bits per heavy atom. The molecule has 3 aromatic heterocycles. The molecule has 0 aliphatic carbocycles. The molecule has 6 nitrogen and oxygen atoms in total. The van der Waals surface area contributed by atoms with Gasteiger partial charge >= 0.3 is 5.97 Å². The van der Waals surface area contributed by atoms with Crippen molar-refractivity contribution in [2.24, 2.45) is 0 Å². The molecule has 90 valence electrons. The molecule has 0 fully saturated rings. The van der Waals surface area contributed by atoms with Crippen LogP contribution in [0.2, 0.25) is 0 Å². The van der Waals surface area contributed by atoms with Crippen molar-refractivity contribution in [1.82, 2.24) is 14.6 Å². The number of carboxylic acid groups (broad SMARTS) is 1. The maximum absolute atomic E-state index is 11.0. The molecule has 18 heavy (non-hydrogen) atoms. The van der Waals surface area contributed by atoms with Crippen LogP contribution in [0.5, 0.6) is 0 Å². The van der Waals surface area contributed by atoms with E-state index in [0.29, 0.717) is 17.1 Å². The first-order chi connectivity index (χ1) is 8.65. The molecule has 0 unspecified atom stereocenters. The number of aromatic nitrogens is 3. The predicted octanol–water partition coefficient (Wildman–Crippen LogP) is 2.00. The molecular weight excluding hydrogens is 234 g/mol. The number of nitrogens with zero attached hydrogens (tertiary/aromatic N) is 3. The number of hydrogen-bond donors (Lipinski definition) is 1. The second-order valence-electron chi connectivity index (χ2n) is 3.84. The quantitative estimate of drug-likeness (QED) is 0.744. The van der Waals surface area contributed by atoms with E-state index < -0.39 is 5.97 Å². The van der Waals surface area contributed by atoms with Crippen LogP contribution in [0.1, 0.15) is 16.2 Å². The zero-order valence-electron chi connectivity index (χ0n) is 9.49. The van der Waals surface area contributed by atoms with E-state index in [4.69, 9.17) is 9.52 Å². The van der Waals surface area contributed by atoms with Crippen molar-refractivity contribution in [3.63, 3.8) is 0 Å². The van der Waals surface area contributed by atoms with Gasteiger partial charge in [0.1, 0.15) is 11.5 Å². The number of carboxylic acids is 1. The van der Waals surface area contributed by atoms with E-state index in [0.717, 1.165) is 5.76 Å². The lowest BCUT2D eigenvalue weighted by Gasteiger charge is -2.03. The molecule has 3 rings (SSSR count). The van der Waals surface area contributed by atoms with Gasteiger partial charge in [0.25, 0.3) is 0 Å². The fraction of sp³-hybridized carbons (Fsp3) is 0.0833. The van der Waals surface area contributed by atoms with Crippen LogP contribution in [0, 0.1) is 6.92 Å². The number of aryl methyl sites for hydroxylation is 1. The monoisotopic (exact) mass is 243 g/mol. The largest absolute Gasteiger partial charge is 0.477 e. The smallest absolute Gasteiger partial charge is 0.354 e. The summed E-state index contributed by atoms with van der Waals surface area (Å²) in [5.74, 6) is 0.230. The number of hydrogen-bond acceptors (Lipinski definition) is 4. The molecule has 0 radical (unpaired) electrons. The van der Waals surface area contributed by atoms with Crippen molar-refractivity contribution >= 4 is 11.6 Å². The van der Waals surface area contributed by atoms with Crippen LogP contribution in [0.25, 0.3) is 17.1 Å². The molecule has 0 bridgehead atoms. The summed E-state index contributed by atoms with van der Waals surface area (Å²) >= 11 is 0. The fourth-order valence-corrected chi connectivity index (χ4v) is 1.77. The molecule has 0 spiro atoms. The van der Waals surface area contributed by atoms with Crippen LogP contribution in [0.3, 0.4) is 0 Å². The summed E-state index contributed by atoms with van der Waals surface area (Å²) in [4.78, 5) is 15.0. The van der Waals surface area contributed by atoms with Crippen molar-refractivity contribution < 1.29 is 14.3 Å². The van der Waals surface area contributed by atoms with Crippen LogP contribution in [0.15, 0.2) is 34.9 Å². The molecule has 3 aromatic rings. The Kier molecular flexibility index (Phi) is 2.16. The van der Waals surface area contributed by atoms with Crippen molar-refractivity contribution in [3.8, 4) is 11.5 Å². The highest BCUT2D eigenvalue weighted by molar-refractivity contribution is 5.87. The maximum atomic E-state index is 11.0. The summed E-state index contributed by atoms with van der Waals surface area (Å²) in [6.07, 6.45) is 1.56. The number of aromatic carboxylic acids is 1. The van der Waals surface area contributed by atoms with Crippen LogP contribution in [-0.2, 0) is 0 Å². The predicted molar refractivity (Wildman–Crippen MR) is 62.4 cm³/mol. The molecule has 6 heteroatoms. The van der Waals surface area contributed by atoms with Gasteiger partial charge in [0.2, 0.25) is 0 Å². The van der Waals surface area contributed by atoms with Crippen molar-refractivity contribution in [3.05, 3.63) is 41.9 Å². The first kappa shape index (κ1) is 10.5. The van der Waals surface area contributed by atoms with Gasteiger partial charge in [-0.15, -0.1) is 0 Å². The van der Waals surface area contributed by atoms with Crippen molar-refractivity contribution in [1.29, 1.82) is 0 Å². The van der Waals surface area contributed by atoms with Gasteiger partial charge in [0, 0.05) is 12.1 Å². The Morgan fingerprint density at radius 1 is 1.39 bits per heavy atom. The molecule has 0 atom stereocenters. The van der Waals surface area contributed by atoms with Crippen LogP contribution >= 0.6 is 0 Å². The SMILES string of the molecule is Cc1ccc(-c2cc(C(=O)O)nc3ccnn23)o1. The molecule has 0 aliphatic rings. The van der Waals surface area contributed by atoms with Gasteiger partial charge in [-0.05, 0) is 19.1 Å². The minimum absolute atomic E-state index is 0.0351. The molecule has 0 saturated carbocycles. The fourth-order valence-electron chi connectivity index (χ4n) is 1.77. The van der Waals surface area contributed by atoms with Gasteiger partial charge in [-0.2, -0.15) is 5.10 Å². The Balaban J connectivity index is 2.32. The first-order valence-electron chi connectivity index (χ1n) is 5.30. The van der Waals surface area contributed by atoms with Gasteiger partial charge in [-0.25, -0.2) is 14.3 Å². The summed E-state index contributed by atoms with van der Waals surface area (Å²) in [7, 11) is 0. The van der Waals surface area contributed by atoms with Crippen molar-refractivity contribution in [2.75, 3.05) is 0 Å². The highest BCUT2D eigenvalue weighted by Crippen LogP contribution is 2.23. The summed E-state index contributed by atoms with van der Waals surface area (Å²) in [6.45, 7) is 1.82. The summed E-state index contributed by atoms with van der Waals surface area (Å²) < 4.78 is 7.05. The Labute approximate surface area is 101 Å². The van der Waals surface area contributed by atoms with Crippen LogP contribution in [-0.4, -0.2) is 25.7 Å². The third kappa shape index (κ3) is 1.55. The van der Waals surface area contributed by atoms with Gasteiger partial charge in [-0.1, -0.05) is 0 Å². The van der Waals surface area contributed by atoms with Gasteiger partial charge in [0.05, 0.1) is 6.20 Å². The summed E-state index contributed by atoms with van der Waals surface area (Å²) in [5.41, 5.74) is 1.00. The average molecular weight is 243 g/mol. The highest BCUT2D eigenvalue weighted by Gasteiger charge is 2.14. The highest BCUT2D eigenvalue weighted by atomic mass is 16.4. The van der Waals surface area contributed by atoms with Crippen molar-refractivity contribution in [2.45, 2.75) is 6.92 Å². The molecule has 0 aromatic carbocycles. The summed E-state index contributed by atoms with van der Waals surface area (Å²) in [6, 6.07) is 6.68. The zero-order valence-corrected chi connectivity index (χ0v) is 9.49. The van der Waals surface area contributed by atoms with E-state index in [1.165, 1.54) is 6.07 Å². The molecular formula is C12H9N3O3. The summed E-state index contributed by atoms with van der Waals surface area (Å²) in [5, 5.41) is 13.1. The Morgan fingerprint density at radius 2 is 2.22 bits per heavy atom. The lowest BCUT2D eigenvalue weighted by molar-refractivity contribution is 0.0690. The number of rotatable bonds is 2. The lowest BCUT2D eigenvalue weighted by Crippen LogP contribution is -2.05. The minimum atomic E-state index is -1.08. The van der Waals surface area contributed by atoms with Crippen LogP contribution < -0.4 is 0 Å². The normalized spacial score (nSPS) is 10.9. The second-order valence-corrected chi connectivity index (χ2v) is 3.84. The minimum Gasteiger partial charge on any atom is -0.477 e. The molecule has 0 amide bonds. The zero-order chi connectivity index (χ0) is 12.7. The van der Waals surface area contributed by atoms with E-state index in [1.807, 2.05) is 13.0 Å². The van der Waals surface area contributed by atoms with Gasteiger partial charge < -0.3 is 9.52 Å². The molecule has 3 heterocycles. The van der Waals surface area contributed by atoms with E-state index in [-0.39, 0.29) is 5.69 Å². The number of furan rings is 1. The molecule has 0 aliphatic heterocycles. The Bertz CT molecular complexity index is 742. The average Bonchev–Trinajstić information content (AvgIpc) is 2.95. The Hall–Kier alpha value is -2.63. The number of carbonyl (C=O) groups is 1.